The SMILES string of the molecule is CCCCCCCC#CC(C)(O)C#CCCCCCCC. The van der Waals surface area contributed by atoms with E-state index in [4.69, 9.17) is 0 Å². The zero-order valence-electron chi connectivity index (χ0n) is 14.4. The first-order valence-electron chi connectivity index (χ1n) is 8.84. The molecule has 0 saturated carbocycles. The highest BCUT2D eigenvalue weighted by Crippen LogP contribution is 2.06. The van der Waals surface area contributed by atoms with Gasteiger partial charge in [-0.25, -0.2) is 0 Å². The van der Waals surface area contributed by atoms with E-state index in [-0.39, 0.29) is 0 Å². The molecule has 0 heterocycles. The Morgan fingerprint density at radius 2 is 1.05 bits per heavy atom. The van der Waals surface area contributed by atoms with Crippen LogP contribution in [0.15, 0.2) is 0 Å². The van der Waals surface area contributed by atoms with Crippen molar-refractivity contribution in [2.24, 2.45) is 0 Å². The van der Waals surface area contributed by atoms with Crippen LogP contribution in [0, 0.1) is 23.7 Å². The van der Waals surface area contributed by atoms with E-state index in [1.54, 1.807) is 6.92 Å². The Balaban J connectivity index is 3.77. The average molecular weight is 290 g/mol. The van der Waals surface area contributed by atoms with Gasteiger partial charge < -0.3 is 5.11 Å². The van der Waals surface area contributed by atoms with Crippen molar-refractivity contribution in [1.82, 2.24) is 0 Å². The van der Waals surface area contributed by atoms with Crippen LogP contribution in [0.25, 0.3) is 0 Å². The van der Waals surface area contributed by atoms with Crippen LogP contribution in [-0.4, -0.2) is 10.7 Å². The second-order valence-corrected chi connectivity index (χ2v) is 6.00. The molecule has 0 saturated heterocycles. The maximum atomic E-state index is 10.0. The molecule has 0 amide bonds. The van der Waals surface area contributed by atoms with Crippen molar-refractivity contribution in [3.05, 3.63) is 0 Å². The lowest BCUT2D eigenvalue weighted by molar-refractivity contribution is 0.184. The lowest BCUT2D eigenvalue weighted by Crippen LogP contribution is -2.18. The predicted molar refractivity (Wildman–Crippen MR) is 92.9 cm³/mol. The van der Waals surface area contributed by atoms with Crippen molar-refractivity contribution < 1.29 is 5.11 Å². The Kier molecular flexibility index (Phi) is 13.4. The number of unbranched alkanes of at least 4 members (excludes halogenated alkanes) is 10. The van der Waals surface area contributed by atoms with Crippen molar-refractivity contribution in [2.75, 3.05) is 0 Å². The fraction of sp³-hybridized carbons (Fsp3) is 0.800. The van der Waals surface area contributed by atoms with Crippen LogP contribution in [0.5, 0.6) is 0 Å². The van der Waals surface area contributed by atoms with Crippen molar-refractivity contribution in [1.29, 1.82) is 0 Å². The summed E-state index contributed by atoms with van der Waals surface area (Å²) >= 11 is 0. The third kappa shape index (κ3) is 15.3. The number of rotatable bonds is 10. The van der Waals surface area contributed by atoms with Crippen LogP contribution in [0.1, 0.15) is 97.8 Å². The van der Waals surface area contributed by atoms with Gasteiger partial charge >= 0.3 is 0 Å². The highest BCUT2D eigenvalue weighted by molar-refractivity contribution is 5.27. The van der Waals surface area contributed by atoms with Gasteiger partial charge in [0.1, 0.15) is 0 Å². The summed E-state index contributed by atoms with van der Waals surface area (Å²) in [5.41, 5.74) is -1.13. The van der Waals surface area contributed by atoms with Gasteiger partial charge in [-0.1, -0.05) is 88.9 Å². The van der Waals surface area contributed by atoms with E-state index in [0.717, 1.165) is 25.7 Å². The molecule has 1 nitrogen and oxygen atoms in total. The second kappa shape index (κ2) is 14.0. The molecule has 0 unspecified atom stereocenters. The van der Waals surface area contributed by atoms with E-state index in [2.05, 4.69) is 37.5 Å². The van der Waals surface area contributed by atoms with E-state index < -0.39 is 5.60 Å². The van der Waals surface area contributed by atoms with Gasteiger partial charge in [-0.2, -0.15) is 0 Å². The van der Waals surface area contributed by atoms with Gasteiger partial charge in [0.25, 0.3) is 0 Å². The minimum atomic E-state index is -1.13. The maximum absolute atomic E-state index is 10.0. The Labute approximate surface area is 132 Å². The second-order valence-electron chi connectivity index (χ2n) is 6.00. The highest BCUT2D eigenvalue weighted by atomic mass is 16.3. The average Bonchev–Trinajstić information content (AvgIpc) is 2.45. The maximum Gasteiger partial charge on any atom is 0.184 e. The summed E-state index contributed by atoms with van der Waals surface area (Å²) in [4.78, 5) is 0. The molecule has 1 N–H and O–H groups in total. The molecule has 0 atom stereocenters. The number of hydrogen-bond donors (Lipinski definition) is 1. The molecule has 1 heteroatoms. The smallest absolute Gasteiger partial charge is 0.184 e. The van der Waals surface area contributed by atoms with Gasteiger partial charge in [0.05, 0.1) is 0 Å². The first-order valence-corrected chi connectivity index (χ1v) is 8.84. The summed E-state index contributed by atoms with van der Waals surface area (Å²) in [6.07, 6.45) is 14.3. The first kappa shape index (κ1) is 20.1. The first-order chi connectivity index (χ1) is 10.1. The normalized spacial score (nSPS) is 10.5. The van der Waals surface area contributed by atoms with E-state index in [1.807, 2.05) is 0 Å². The molecule has 0 aliphatic heterocycles. The zero-order valence-corrected chi connectivity index (χ0v) is 14.4. The summed E-state index contributed by atoms with van der Waals surface area (Å²) in [7, 11) is 0. The summed E-state index contributed by atoms with van der Waals surface area (Å²) in [6, 6.07) is 0. The molecule has 0 spiro atoms. The largest absolute Gasteiger partial charge is 0.367 e. The summed E-state index contributed by atoms with van der Waals surface area (Å²) < 4.78 is 0. The van der Waals surface area contributed by atoms with Gasteiger partial charge in [-0.05, 0) is 19.8 Å². The van der Waals surface area contributed by atoms with Crippen molar-refractivity contribution in [2.45, 2.75) is 103 Å². The fourth-order valence-corrected chi connectivity index (χ4v) is 2.13. The molecule has 120 valence electrons. The Morgan fingerprint density at radius 3 is 1.43 bits per heavy atom. The minimum Gasteiger partial charge on any atom is -0.367 e. The van der Waals surface area contributed by atoms with Crippen molar-refractivity contribution in [3.8, 4) is 23.7 Å². The topological polar surface area (TPSA) is 20.2 Å². The lowest BCUT2D eigenvalue weighted by Gasteiger charge is -2.06. The van der Waals surface area contributed by atoms with E-state index in [0.29, 0.717) is 0 Å². The molecule has 0 fully saturated rings. The fourth-order valence-electron chi connectivity index (χ4n) is 2.13. The molecule has 0 aliphatic rings. The van der Waals surface area contributed by atoms with Crippen molar-refractivity contribution in [3.63, 3.8) is 0 Å². The lowest BCUT2D eigenvalue weighted by atomic mass is 10.1. The zero-order chi connectivity index (χ0) is 15.8. The van der Waals surface area contributed by atoms with Crippen molar-refractivity contribution >= 4 is 0 Å². The molecular weight excluding hydrogens is 256 g/mol. The van der Waals surface area contributed by atoms with Gasteiger partial charge in [-0.15, -0.1) is 0 Å². The van der Waals surface area contributed by atoms with E-state index in [1.165, 1.54) is 51.4 Å². The number of hydrogen-bond acceptors (Lipinski definition) is 1. The quantitative estimate of drug-likeness (QED) is 0.418. The van der Waals surface area contributed by atoms with E-state index >= 15 is 0 Å². The van der Waals surface area contributed by atoms with Crippen LogP contribution in [0.2, 0.25) is 0 Å². The molecular formula is C20H34O. The standard InChI is InChI=1S/C20H34O/c1-4-6-8-10-12-14-16-18-20(3,21)19-17-15-13-11-9-7-5-2/h21H,4-15H2,1-3H3. The van der Waals surface area contributed by atoms with Crippen LogP contribution < -0.4 is 0 Å². The summed E-state index contributed by atoms with van der Waals surface area (Å²) in [5, 5.41) is 10.0. The molecule has 0 aromatic rings. The minimum absolute atomic E-state index is 0.874. The third-order valence-corrected chi connectivity index (χ3v) is 3.47. The molecule has 21 heavy (non-hydrogen) atoms. The summed E-state index contributed by atoms with van der Waals surface area (Å²) in [6.45, 7) is 6.14. The molecule has 0 aromatic heterocycles. The van der Waals surface area contributed by atoms with Gasteiger partial charge in [-0.3, -0.25) is 0 Å². The molecule has 0 aliphatic carbocycles. The molecule has 0 rings (SSSR count). The van der Waals surface area contributed by atoms with Crippen LogP contribution in [0.3, 0.4) is 0 Å². The monoisotopic (exact) mass is 290 g/mol. The number of aliphatic hydroxyl groups is 1. The van der Waals surface area contributed by atoms with Gasteiger partial charge in [0, 0.05) is 12.8 Å². The Morgan fingerprint density at radius 1 is 0.667 bits per heavy atom. The van der Waals surface area contributed by atoms with Gasteiger partial charge in [0.15, 0.2) is 5.60 Å². The van der Waals surface area contributed by atoms with Gasteiger partial charge in [0.2, 0.25) is 0 Å². The Bertz CT molecular complexity index is 312. The van der Waals surface area contributed by atoms with E-state index in [9.17, 15) is 5.11 Å². The van der Waals surface area contributed by atoms with Crippen LogP contribution >= 0.6 is 0 Å². The molecule has 0 radical (unpaired) electrons. The third-order valence-electron chi connectivity index (χ3n) is 3.47. The summed E-state index contributed by atoms with van der Waals surface area (Å²) in [5.74, 6) is 11.9. The molecule has 0 aromatic carbocycles. The highest BCUT2D eigenvalue weighted by Gasteiger charge is 2.10. The van der Waals surface area contributed by atoms with Crippen LogP contribution in [0.4, 0.5) is 0 Å². The van der Waals surface area contributed by atoms with Crippen LogP contribution in [-0.2, 0) is 0 Å². The predicted octanol–water partition coefficient (Wildman–Crippen LogP) is 5.47. The Hall–Kier alpha value is -0.920. The molecule has 0 bridgehead atoms.